The second-order valence-corrected chi connectivity index (χ2v) is 9.00. The minimum atomic E-state index is -0.559. The number of nitrogens with one attached hydrogen (secondary N) is 1. The van der Waals surface area contributed by atoms with Crippen LogP contribution in [0.25, 0.3) is 33.4 Å². The normalized spacial score (nSPS) is 10.8. The van der Waals surface area contributed by atoms with Crippen molar-refractivity contribution in [3.8, 4) is 22.5 Å². The number of hydrogen-bond acceptors (Lipinski definition) is 6. The summed E-state index contributed by atoms with van der Waals surface area (Å²) in [6.45, 7) is 5.37. The summed E-state index contributed by atoms with van der Waals surface area (Å²) < 4.78 is 11.3. The molecule has 0 atom stereocenters. The molecule has 7 heteroatoms. The average molecular weight is 519 g/mol. The molecule has 0 spiro atoms. The minimum absolute atomic E-state index is 0.138. The van der Waals surface area contributed by atoms with Gasteiger partial charge in [-0.2, -0.15) is 0 Å². The Kier molecular flexibility index (Phi) is 7.06. The van der Waals surface area contributed by atoms with Crippen LogP contribution in [-0.4, -0.2) is 23.5 Å². The average Bonchev–Trinajstić information content (AvgIpc) is 2.93. The maximum absolute atomic E-state index is 13.6. The first-order valence-electron chi connectivity index (χ1n) is 12.6. The fourth-order valence-electron chi connectivity index (χ4n) is 4.63. The van der Waals surface area contributed by atoms with Crippen LogP contribution in [0.4, 0.5) is 5.69 Å². The van der Waals surface area contributed by atoms with E-state index in [0.29, 0.717) is 50.5 Å². The zero-order valence-corrected chi connectivity index (χ0v) is 21.8. The van der Waals surface area contributed by atoms with Crippen molar-refractivity contribution < 1.29 is 18.7 Å². The summed E-state index contributed by atoms with van der Waals surface area (Å²) in [5, 5.41) is 3.41. The van der Waals surface area contributed by atoms with Crippen LogP contribution in [0.2, 0.25) is 0 Å². The smallest absolute Gasteiger partial charge is 0.340 e. The van der Waals surface area contributed by atoms with E-state index in [2.05, 4.69) is 10.3 Å². The van der Waals surface area contributed by atoms with Gasteiger partial charge in [-0.15, -0.1) is 0 Å². The van der Waals surface area contributed by atoms with Gasteiger partial charge in [0.1, 0.15) is 11.3 Å². The van der Waals surface area contributed by atoms with E-state index in [4.69, 9.17) is 9.15 Å². The lowest BCUT2D eigenvalue weighted by atomic mass is 9.91. The van der Waals surface area contributed by atoms with Crippen molar-refractivity contribution >= 4 is 28.5 Å². The summed E-state index contributed by atoms with van der Waals surface area (Å²) in [6, 6.07) is 24.8. The largest absolute Gasteiger partial charge is 0.462 e. The molecule has 0 saturated heterocycles. The second kappa shape index (κ2) is 10.8. The van der Waals surface area contributed by atoms with Crippen LogP contribution in [0, 0.1) is 13.8 Å². The van der Waals surface area contributed by atoms with E-state index in [1.807, 2.05) is 24.3 Å². The Morgan fingerprint density at radius 1 is 0.846 bits per heavy atom. The lowest BCUT2D eigenvalue weighted by molar-refractivity contribution is 0.0526. The quantitative estimate of drug-likeness (QED) is 0.255. The third-order valence-corrected chi connectivity index (χ3v) is 6.39. The second-order valence-electron chi connectivity index (χ2n) is 9.00. The Hall–Kier alpha value is -5.04. The zero-order chi connectivity index (χ0) is 27.5. The van der Waals surface area contributed by atoms with E-state index in [1.165, 1.54) is 6.07 Å². The number of esters is 1. The molecule has 0 radical (unpaired) electrons. The lowest BCUT2D eigenvalue weighted by Gasteiger charge is -2.18. The van der Waals surface area contributed by atoms with Gasteiger partial charge in [0.15, 0.2) is 5.43 Å². The van der Waals surface area contributed by atoms with E-state index < -0.39 is 11.9 Å². The SMILES string of the molecule is CCOC(=O)c1c(C)nc(C)c(C(=O)Nc2ccccc2)c1-c1ccc(-c2cc(=O)c3ccccc3o2)cc1. The van der Waals surface area contributed by atoms with Gasteiger partial charge in [0.05, 0.1) is 34.5 Å². The number of hydrogen-bond donors (Lipinski definition) is 1. The van der Waals surface area contributed by atoms with E-state index in [9.17, 15) is 14.4 Å². The predicted molar refractivity (Wildman–Crippen MR) is 151 cm³/mol. The lowest BCUT2D eigenvalue weighted by Crippen LogP contribution is -2.20. The van der Waals surface area contributed by atoms with Gasteiger partial charge < -0.3 is 14.5 Å². The molecule has 0 bridgehead atoms. The molecule has 1 amide bonds. The van der Waals surface area contributed by atoms with E-state index in [0.717, 1.165) is 0 Å². The fourth-order valence-corrected chi connectivity index (χ4v) is 4.63. The number of nitrogens with zero attached hydrogens (tertiary/aromatic N) is 1. The molecule has 5 rings (SSSR count). The Labute approximate surface area is 225 Å². The number of ether oxygens (including phenoxy) is 1. The number of carbonyl (C=O) groups is 2. The maximum Gasteiger partial charge on any atom is 0.340 e. The third-order valence-electron chi connectivity index (χ3n) is 6.39. The molecule has 0 aliphatic carbocycles. The number of anilines is 1. The summed E-state index contributed by atoms with van der Waals surface area (Å²) in [5.74, 6) is -0.535. The highest BCUT2D eigenvalue weighted by atomic mass is 16.5. The van der Waals surface area contributed by atoms with Crippen LogP contribution < -0.4 is 10.7 Å². The Balaban J connectivity index is 1.65. The fraction of sp³-hybridized carbons (Fsp3) is 0.125. The highest BCUT2D eigenvalue weighted by Crippen LogP contribution is 2.34. The number of benzene rings is 3. The summed E-state index contributed by atoms with van der Waals surface area (Å²) in [6.07, 6.45) is 0. The molecule has 1 N–H and O–H groups in total. The Bertz CT molecular complexity index is 1760. The van der Waals surface area contributed by atoms with E-state index in [-0.39, 0.29) is 23.2 Å². The summed E-state index contributed by atoms with van der Waals surface area (Å²) in [7, 11) is 0. The van der Waals surface area contributed by atoms with Crippen LogP contribution in [0.1, 0.15) is 39.0 Å². The molecule has 0 aliphatic rings. The van der Waals surface area contributed by atoms with Gasteiger partial charge in [-0.05, 0) is 50.6 Å². The van der Waals surface area contributed by atoms with Crippen molar-refractivity contribution in [2.75, 3.05) is 11.9 Å². The molecule has 2 heterocycles. The first-order chi connectivity index (χ1) is 18.9. The predicted octanol–water partition coefficient (Wildman–Crippen LogP) is 6.57. The number of para-hydroxylation sites is 2. The Morgan fingerprint density at radius 2 is 1.49 bits per heavy atom. The van der Waals surface area contributed by atoms with Gasteiger partial charge >= 0.3 is 5.97 Å². The zero-order valence-electron chi connectivity index (χ0n) is 21.8. The van der Waals surface area contributed by atoms with Crippen molar-refractivity contribution in [2.45, 2.75) is 20.8 Å². The number of pyridine rings is 1. The molecule has 5 aromatic rings. The van der Waals surface area contributed by atoms with Gasteiger partial charge in [-0.25, -0.2) is 4.79 Å². The number of rotatable bonds is 6. The first kappa shape index (κ1) is 25.6. The van der Waals surface area contributed by atoms with Gasteiger partial charge in [-0.3, -0.25) is 14.6 Å². The molecule has 0 aliphatic heterocycles. The number of amides is 1. The van der Waals surface area contributed by atoms with Crippen molar-refractivity contribution in [2.24, 2.45) is 0 Å². The number of fused-ring (bicyclic) bond motifs is 1. The highest BCUT2D eigenvalue weighted by Gasteiger charge is 2.27. The summed E-state index contributed by atoms with van der Waals surface area (Å²) in [4.78, 5) is 43.8. The number of aromatic nitrogens is 1. The van der Waals surface area contributed by atoms with Crippen LogP contribution >= 0.6 is 0 Å². The van der Waals surface area contributed by atoms with Gasteiger partial charge in [0.2, 0.25) is 0 Å². The molecule has 0 saturated carbocycles. The van der Waals surface area contributed by atoms with Crippen molar-refractivity contribution in [3.63, 3.8) is 0 Å². The molecule has 2 aromatic heterocycles. The van der Waals surface area contributed by atoms with E-state index in [1.54, 1.807) is 75.4 Å². The number of aryl methyl sites for hydroxylation is 2. The first-order valence-corrected chi connectivity index (χ1v) is 12.6. The van der Waals surface area contributed by atoms with Gasteiger partial charge in [0, 0.05) is 22.9 Å². The standard InChI is InChI=1S/C32H26N2O5/c1-4-38-32(37)29-20(3)33-19(2)28(31(36)34-23-10-6-5-7-11-23)30(29)22-16-14-21(15-17-22)27-18-25(35)24-12-8-9-13-26(24)39-27/h5-18H,4H2,1-3H3,(H,34,36). The Morgan fingerprint density at radius 3 is 2.21 bits per heavy atom. The van der Waals surface area contributed by atoms with Crippen molar-refractivity contribution in [1.29, 1.82) is 0 Å². The molecule has 7 nitrogen and oxygen atoms in total. The van der Waals surface area contributed by atoms with Crippen molar-refractivity contribution in [3.05, 3.63) is 118 Å². The van der Waals surface area contributed by atoms with Crippen LogP contribution in [0.3, 0.4) is 0 Å². The molecule has 3 aromatic carbocycles. The summed E-state index contributed by atoms with van der Waals surface area (Å²) in [5.41, 5.74) is 4.15. The maximum atomic E-state index is 13.6. The molecule has 194 valence electrons. The third kappa shape index (κ3) is 5.07. The molecular formula is C32H26N2O5. The molecular weight excluding hydrogens is 492 g/mol. The minimum Gasteiger partial charge on any atom is -0.462 e. The van der Waals surface area contributed by atoms with Crippen LogP contribution in [0.5, 0.6) is 0 Å². The van der Waals surface area contributed by atoms with Crippen LogP contribution in [-0.2, 0) is 4.74 Å². The van der Waals surface area contributed by atoms with E-state index >= 15 is 0 Å². The highest BCUT2D eigenvalue weighted by molar-refractivity contribution is 6.13. The topological polar surface area (TPSA) is 98.5 Å². The summed E-state index contributed by atoms with van der Waals surface area (Å²) >= 11 is 0. The van der Waals surface area contributed by atoms with Crippen LogP contribution in [0.15, 0.2) is 94.1 Å². The molecule has 39 heavy (non-hydrogen) atoms. The molecule has 0 unspecified atom stereocenters. The van der Waals surface area contributed by atoms with Gasteiger partial charge in [-0.1, -0.05) is 54.6 Å². The van der Waals surface area contributed by atoms with Gasteiger partial charge in [0.25, 0.3) is 5.91 Å². The molecule has 0 fully saturated rings. The van der Waals surface area contributed by atoms with Crippen molar-refractivity contribution in [1.82, 2.24) is 4.98 Å². The number of carbonyl (C=O) groups excluding carboxylic acids is 2. The monoisotopic (exact) mass is 518 g/mol.